The zero-order valence-electron chi connectivity index (χ0n) is 11.1. The maximum absolute atomic E-state index is 11.6. The first-order valence-corrected chi connectivity index (χ1v) is 6.50. The molecule has 4 nitrogen and oxygen atoms in total. The molecule has 0 aromatic rings. The molecule has 3 N–H and O–H groups in total. The standard InChI is InChI=1S/C13H24N2O2/c1-11(2,3)17-10(16)15-9-13(8-14)7-12(13)5-4-6-12/h4-9,14H2,1-3H3,(H,15,16). The van der Waals surface area contributed by atoms with Crippen LogP contribution >= 0.6 is 0 Å². The van der Waals surface area contributed by atoms with Gasteiger partial charge < -0.3 is 15.8 Å². The zero-order valence-corrected chi connectivity index (χ0v) is 11.1. The predicted octanol–water partition coefficient (Wildman–Crippen LogP) is 2.03. The molecule has 0 saturated heterocycles. The highest BCUT2D eigenvalue weighted by atomic mass is 16.6. The average molecular weight is 240 g/mol. The summed E-state index contributed by atoms with van der Waals surface area (Å²) in [7, 11) is 0. The van der Waals surface area contributed by atoms with Crippen LogP contribution in [-0.2, 0) is 4.74 Å². The molecule has 2 saturated carbocycles. The largest absolute Gasteiger partial charge is 0.444 e. The van der Waals surface area contributed by atoms with Crippen molar-refractivity contribution in [1.29, 1.82) is 0 Å². The summed E-state index contributed by atoms with van der Waals surface area (Å²) in [6.45, 7) is 6.95. The summed E-state index contributed by atoms with van der Waals surface area (Å²) >= 11 is 0. The highest BCUT2D eigenvalue weighted by Gasteiger charge is 2.68. The minimum absolute atomic E-state index is 0.155. The van der Waals surface area contributed by atoms with Crippen molar-refractivity contribution >= 4 is 6.09 Å². The first kappa shape index (κ1) is 12.7. The number of hydrogen-bond acceptors (Lipinski definition) is 3. The highest BCUT2D eigenvalue weighted by molar-refractivity contribution is 5.67. The second-order valence-corrected chi connectivity index (χ2v) is 6.65. The Labute approximate surface area is 103 Å². The van der Waals surface area contributed by atoms with E-state index in [1.807, 2.05) is 20.8 Å². The van der Waals surface area contributed by atoms with Crippen LogP contribution < -0.4 is 11.1 Å². The molecular weight excluding hydrogens is 216 g/mol. The van der Waals surface area contributed by atoms with E-state index in [4.69, 9.17) is 10.5 Å². The van der Waals surface area contributed by atoms with E-state index >= 15 is 0 Å². The van der Waals surface area contributed by atoms with Gasteiger partial charge in [-0.3, -0.25) is 0 Å². The van der Waals surface area contributed by atoms with Crippen LogP contribution in [0.2, 0.25) is 0 Å². The fraction of sp³-hybridized carbons (Fsp3) is 0.923. The average Bonchev–Trinajstić information content (AvgIpc) is 2.82. The third-order valence-corrected chi connectivity index (χ3v) is 4.35. The molecule has 1 spiro atoms. The van der Waals surface area contributed by atoms with E-state index in [2.05, 4.69) is 5.32 Å². The lowest BCUT2D eigenvalue weighted by molar-refractivity contribution is 0.0506. The van der Waals surface area contributed by atoms with Crippen LogP contribution in [0, 0.1) is 10.8 Å². The summed E-state index contributed by atoms with van der Waals surface area (Å²) in [6, 6.07) is 0. The molecule has 2 aliphatic carbocycles. The molecule has 4 heteroatoms. The molecule has 1 unspecified atom stereocenters. The number of amides is 1. The van der Waals surface area contributed by atoms with Gasteiger partial charge in [-0.05, 0) is 45.4 Å². The first-order chi connectivity index (χ1) is 7.83. The summed E-state index contributed by atoms with van der Waals surface area (Å²) in [5.41, 5.74) is 6.05. The van der Waals surface area contributed by atoms with E-state index in [0.29, 0.717) is 18.5 Å². The Hall–Kier alpha value is -0.770. The van der Waals surface area contributed by atoms with E-state index in [1.165, 1.54) is 25.7 Å². The van der Waals surface area contributed by atoms with Crippen LogP contribution in [0.3, 0.4) is 0 Å². The summed E-state index contributed by atoms with van der Waals surface area (Å²) in [6.07, 6.45) is 4.72. The highest BCUT2D eigenvalue weighted by Crippen LogP contribution is 2.73. The molecule has 0 bridgehead atoms. The summed E-state index contributed by atoms with van der Waals surface area (Å²) < 4.78 is 5.23. The smallest absolute Gasteiger partial charge is 0.407 e. The molecular formula is C13H24N2O2. The van der Waals surface area contributed by atoms with Crippen molar-refractivity contribution in [2.75, 3.05) is 13.1 Å². The molecule has 1 atom stereocenters. The fourth-order valence-electron chi connectivity index (χ4n) is 3.08. The van der Waals surface area contributed by atoms with Crippen molar-refractivity contribution in [2.24, 2.45) is 16.6 Å². The Bertz CT molecular complexity index is 318. The molecule has 17 heavy (non-hydrogen) atoms. The van der Waals surface area contributed by atoms with E-state index in [-0.39, 0.29) is 11.5 Å². The van der Waals surface area contributed by atoms with Gasteiger partial charge in [-0.25, -0.2) is 4.79 Å². The summed E-state index contributed by atoms with van der Waals surface area (Å²) in [5.74, 6) is 0. The van der Waals surface area contributed by atoms with Gasteiger partial charge in [0.1, 0.15) is 5.60 Å². The Morgan fingerprint density at radius 1 is 1.41 bits per heavy atom. The fourth-order valence-corrected chi connectivity index (χ4v) is 3.08. The monoisotopic (exact) mass is 240 g/mol. The number of alkyl carbamates (subject to hydrolysis) is 1. The van der Waals surface area contributed by atoms with E-state index < -0.39 is 5.60 Å². The molecule has 0 radical (unpaired) electrons. The van der Waals surface area contributed by atoms with E-state index in [0.717, 1.165) is 0 Å². The van der Waals surface area contributed by atoms with Gasteiger partial charge >= 0.3 is 6.09 Å². The van der Waals surface area contributed by atoms with Gasteiger partial charge in [0.05, 0.1) is 0 Å². The van der Waals surface area contributed by atoms with Crippen LogP contribution in [0.5, 0.6) is 0 Å². The van der Waals surface area contributed by atoms with Gasteiger partial charge in [0, 0.05) is 18.5 Å². The van der Waals surface area contributed by atoms with Crippen molar-refractivity contribution in [2.45, 2.75) is 52.1 Å². The van der Waals surface area contributed by atoms with Gasteiger partial charge in [0.2, 0.25) is 0 Å². The number of nitrogens with one attached hydrogen (secondary N) is 1. The van der Waals surface area contributed by atoms with Crippen molar-refractivity contribution < 1.29 is 9.53 Å². The Morgan fingerprint density at radius 2 is 2.06 bits per heavy atom. The normalized spacial score (nSPS) is 29.6. The van der Waals surface area contributed by atoms with Crippen LogP contribution in [0.15, 0.2) is 0 Å². The molecule has 0 aromatic carbocycles. The molecule has 0 aromatic heterocycles. The molecule has 2 aliphatic rings. The number of rotatable bonds is 3. The van der Waals surface area contributed by atoms with Gasteiger partial charge in [-0.15, -0.1) is 0 Å². The third kappa shape index (κ3) is 2.28. The van der Waals surface area contributed by atoms with Crippen LogP contribution in [0.25, 0.3) is 0 Å². The molecule has 0 aliphatic heterocycles. The van der Waals surface area contributed by atoms with Gasteiger partial charge in [-0.2, -0.15) is 0 Å². The topological polar surface area (TPSA) is 64.3 Å². The quantitative estimate of drug-likeness (QED) is 0.793. The van der Waals surface area contributed by atoms with E-state index in [1.54, 1.807) is 0 Å². The summed E-state index contributed by atoms with van der Waals surface area (Å²) in [5, 5.41) is 2.88. The number of ether oxygens (including phenoxy) is 1. The molecule has 98 valence electrons. The molecule has 0 heterocycles. The molecule has 2 rings (SSSR count). The lowest BCUT2D eigenvalue weighted by Crippen LogP contribution is -2.41. The Balaban J connectivity index is 1.80. The lowest BCUT2D eigenvalue weighted by atomic mass is 9.75. The first-order valence-electron chi connectivity index (χ1n) is 6.50. The maximum Gasteiger partial charge on any atom is 0.407 e. The minimum Gasteiger partial charge on any atom is -0.444 e. The number of carbonyl (C=O) groups is 1. The van der Waals surface area contributed by atoms with E-state index in [9.17, 15) is 4.79 Å². The van der Waals surface area contributed by atoms with Crippen molar-refractivity contribution in [3.63, 3.8) is 0 Å². The van der Waals surface area contributed by atoms with Crippen molar-refractivity contribution in [3.05, 3.63) is 0 Å². The van der Waals surface area contributed by atoms with Crippen molar-refractivity contribution in [1.82, 2.24) is 5.32 Å². The zero-order chi connectivity index (χ0) is 12.7. The van der Waals surface area contributed by atoms with Crippen LogP contribution in [0.1, 0.15) is 46.5 Å². The lowest BCUT2D eigenvalue weighted by Gasteiger charge is -2.32. The second kappa shape index (κ2) is 3.87. The minimum atomic E-state index is -0.433. The SMILES string of the molecule is CC(C)(C)OC(=O)NCC1(CN)CC12CCC2. The number of carbonyl (C=O) groups excluding carboxylic acids is 1. The number of nitrogens with two attached hydrogens (primary N) is 1. The molecule has 1 amide bonds. The van der Waals surface area contributed by atoms with Gasteiger partial charge in [0.25, 0.3) is 0 Å². The maximum atomic E-state index is 11.6. The number of hydrogen-bond donors (Lipinski definition) is 2. The van der Waals surface area contributed by atoms with Gasteiger partial charge in [-0.1, -0.05) is 6.42 Å². The summed E-state index contributed by atoms with van der Waals surface area (Å²) in [4.78, 5) is 11.6. The van der Waals surface area contributed by atoms with Crippen LogP contribution in [0.4, 0.5) is 4.79 Å². The van der Waals surface area contributed by atoms with Crippen molar-refractivity contribution in [3.8, 4) is 0 Å². The Kier molecular flexibility index (Phi) is 2.89. The molecule has 2 fully saturated rings. The van der Waals surface area contributed by atoms with Gasteiger partial charge in [0.15, 0.2) is 0 Å². The van der Waals surface area contributed by atoms with Crippen LogP contribution in [-0.4, -0.2) is 24.8 Å². The Morgan fingerprint density at radius 3 is 2.41 bits per heavy atom. The second-order valence-electron chi connectivity index (χ2n) is 6.65. The predicted molar refractivity (Wildman–Crippen MR) is 66.6 cm³/mol. The third-order valence-electron chi connectivity index (χ3n) is 4.35.